The molecule has 140 valence electrons. The van der Waals surface area contributed by atoms with Crippen molar-refractivity contribution in [1.82, 2.24) is 14.5 Å². The predicted molar refractivity (Wildman–Crippen MR) is 97.0 cm³/mol. The largest absolute Gasteiger partial charge is 0.391 e. The summed E-state index contributed by atoms with van der Waals surface area (Å²) in [7, 11) is 0. The fourth-order valence-corrected chi connectivity index (χ4v) is 3.64. The van der Waals surface area contributed by atoms with Crippen LogP contribution in [0.5, 0.6) is 0 Å². The van der Waals surface area contributed by atoms with Gasteiger partial charge in [0.15, 0.2) is 0 Å². The third-order valence-electron chi connectivity index (χ3n) is 5.15. The van der Waals surface area contributed by atoms with E-state index in [4.69, 9.17) is 0 Å². The zero-order valence-corrected chi connectivity index (χ0v) is 15.1. The molecular formula is C20H26FN3O2. The average molecular weight is 359 g/mol. The number of halogens is 1. The molecule has 1 aromatic heterocycles. The third kappa shape index (κ3) is 4.49. The number of benzene rings is 1. The summed E-state index contributed by atoms with van der Waals surface area (Å²) in [5, 5.41) is 10.5. The zero-order valence-electron chi connectivity index (χ0n) is 15.1. The maximum absolute atomic E-state index is 13.3. The third-order valence-corrected chi connectivity index (χ3v) is 5.15. The number of likely N-dealkylation sites (tertiary alicyclic amines) is 1. The highest BCUT2D eigenvalue weighted by molar-refractivity contribution is 5.76. The molecule has 1 N–H and O–H groups in total. The molecule has 26 heavy (non-hydrogen) atoms. The molecule has 5 nitrogen and oxygen atoms in total. The van der Waals surface area contributed by atoms with E-state index < -0.39 is 6.10 Å². The number of amides is 1. The van der Waals surface area contributed by atoms with Crippen LogP contribution in [-0.2, 0) is 24.2 Å². The number of aryl methyl sites for hydroxylation is 2. The minimum Gasteiger partial charge on any atom is -0.391 e. The van der Waals surface area contributed by atoms with Gasteiger partial charge >= 0.3 is 0 Å². The first-order valence-corrected chi connectivity index (χ1v) is 9.27. The van der Waals surface area contributed by atoms with Crippen molar-refractivity contribution in [1.29, 1.82) is 0 Å². The summed E-state index contributed by atoms with van der Waals surface area (Å²) in [6, 6.07) is 6.51. The van der Waals surface area contributed by atoms with Crippen LogP contribution < -0.4 is 0 Å². The molecule has 2 heterocycles. The number of rotatable bonds is 6. The second-order valence-electron chi connectivity index (χ2n) is 6.93. The zero-order chi connectivity index (χ0) is 18.5. The van der Waals surface area contributed by atoms with Crippen LogP contribution in [0, 0.1) is 11.7 Å². The summed E-state index contributed by atoms with van der Waals surface area (Å²) < 4.78 is 15.3. The summed E-state index contributed by atoms with van der Waals surface area (Å²) in [5.41, 5.74) is 0.890. The molecular weight excluding hydrogens is 333 g/mol. The van der Waals surface area contributed by atoms with Crippen molar-refractivity contribution in [3.8, 4) is 0 Å². The molecule has 1 aliphatic rings. The molecule has 3 rings (SSSR count). The molecule has 1 amide bonds. The lowest BCUT2D eigenvalue weighted by Gasteiger charge is -2.36. The van der Waals surface area contributed by atoms with Gasteiger partial charge in [0.25, 0.3) is 0 Å². The second kappa shape index (κ2) is 8.45. The first-order valence-electron chi connectivity index (χ1n) is 9.27. The Bertz CT molecular complexity index is 746. The van der Waals surface area contributed by atoms with E-state index in [1.165, 1.54) is 12.1 Å². The Morgan fingerprint density at radius 2 is 2.27 bits per heavy atom. The van der Waals surface area contributed by atoms with Crippen LogP contribution in [0.2, 0.25) is 0 Å². The van der Waals surface area contributed by atoms with Crippen molar-refractivity contribution in [2.45, 2.75) is 45.3 Å². The number of carbonyl (C=O) groups is 1. The smallest absolute Gasteiger partial charge is 0.224 e. The van der Waals surface area contributed by atoms with Crippen LogP contribution in [0.3, 0.4) is 0 Å². The SMILES string of the molecule is CCc1nccn1CCC(=O)N1CC[C@H](Cc2cccc(F)c2)[C@H](O)C1. The number of aliphatic hydroxyl groups excluding tert-OH is 1. The Balaban J connectivity index is 1.50. The molecule has 0 saturated carbocycles. The van der Waals surface area contributed by atoms with Gasteiger partial charge in [-0.05, 0) is 36.5 Å². The number of hydrogen-bond acceptors (Lipinski definition) is 3. The quantitative estimate of drug-likeness (QED) is 0.862. The minimum absolute atomic E-state index is 0.0567. The Morgan fingerprint density at radius 1 is 1.42 bits per heavy atom. The number of piperidine rings is 1. The van der Waals surface area contributed by atoms with E-state index in [1.807, 2.05) is 23.8 Å². The molecule has 2 atom stereocenters. The van der Waals surface area contributed by atoms with Gasteiger partial charge in [0.1, 0.15) is 11.6 Å². The number of β-amino-alcohol motifs (C(OH)–C–C–N with tert-alkyl or cyclic N) is 1. The van der Waals surface area contributed by atoms with Gasteiger partial charge in [-0.3, -0.25) is 4.79 Å². The highest BCUT2D eigenvalue weighted by atomic mass is 19.1. The number of carbonyl (C=O) groups excluding carboxylic acids is 1. The number of hydrogen-bond donors (Lipinski definition) is 1. The van der Waals surface area contributed by atoms with E-state index in [0.29, 0.717) is 32.5 Å². The lowest BCUT2D eigenvalue weighted by Crippen LogP contribution is -2.47. The molecule has 0 bridgehead atoms. The van der Waals surface area contributed by atoms with Crippen LogP contribution in [0.1, 0.15) is 31.2 Å². The molecule has 1 fully saturated rings. The fraction of sp³-hybridized carbons (Fsp3) is 0.500. The van der Waals surface area contributed by atoms with E-state index in [1.54, 1.807) is 17.2 Å². The van der Waals surface area contributed by atoms with Gasteiger partial charge in [0.2, 0.25) is 5.91 Å². The van der Waals surface area contributed by atoms with Crippen LogP contribution in [-0.4, -0.2) is 44.7 Å². The highest BCUT2D eigenvalue weighted by Gasteiger charge is 2.30. The van der Waals surface area contributed by atoms with Gasteiger partial charge in [0, 0.05) is 44.9 Å². The maximum atomic E-state index is 13.3. The molecule has 0 radical (unpaired) electrons. The highest BCUT2D eigenvalue weighted by Crippen LogP contribution is 2.23. The van der Waals surface area contributed by atoms with Crippen molar-refractivity contribution in [2.24, 2.45) is 5.92 Å². The first-order chi connectivity index (χ1) is 12.6. The molecule has 2 aromatic rings. The summed E-state index contributed by atoms with van der Waals surface area (Å²) in [6.07, 6.45) is 5.69. The van der Waals surface area contributed by atoms with Crippen molar-refractivity contribution >= 4 is 5.91 Å². The van der Waals surface area contributed by atoms with Gasteiger partial charge in [-0.1, -0.05) is 19.1 Å². The van der Waals surface area contributed by atoms with Crippen LogP contribution in [0.15, 0.2) is 36.7 Å². The average Bonchev–Trinajstić information content (AvgIpc) is 3.09. The van der Waals surface area contributed by atoms with E-state index in [2.05, 4.69) is 4.98 Å². The number of aromatic nitrogens is 2. The second-order valence-corrected chi connectivity index (χ2v) is 6.93. The lowest BCUT2D eigenvalue weighted by atomic mass is 9.87. The molecule has 0 spiro atoms. The normalized spacial score (nSPS) is 20.3. The Hall–Kier alpha value is -2.21. The number of imidazole rings is 1. The molecule has 0 aliphatic carbocycles. The monoisotopic (exact) mass is 359 g/mol. The molecule has 1 aliphatic heterocycles. The molecule has 1 aromatic carbocycles. The number of aliphatic hydroxyl groups is 1. The summed E-state index contributed by atoms with van der Waals surface area (Å²) in [5.74, 6) is 0.840. The molecule has 0 unspecified atom stereocenters. The van der Waals surface area contributed by atoms with Gasteiger partial charge in [0.05, 0.1) is 6.10 Å². The Kier molecular flexibility index (Phi) is 6.04. The van der Waals surface area contributed by atoms with Crippen molar-refractivity contribution in [3.05, 3.63) is 53.9 Å². The van der Waals surface area contributed by atoms with E-state index >= 15 is 0 Å². The summed E-state index contributed by atoms with van der Waals surface area (Å²) in [6.45, 7) is 3.64. The Morgan fingerprint density at radius 3 is 3.00 bits per heavy atom. The topological polar surface area (TPSA) is 58.4 Å². The summed E-state index contributed by atoms with van der Waals surface area (Å²) >= 11 is 0. The molecule has 6 heteroatoms. The number of nitrogens with zero attached hydrogens (tertiary/aromatic N) is 3. The van der Waals surface area contributed by atoms with Gasteiger partial charge in [-0.25, -0.2) is 9.37 Å². The van der Waals surface area contributed by atoms with E-state index in [-0.39, 0.29) is 17.6 Å². The maximum Gasteiger partial charge on any atom is 0.224 e. The lowest BCUT2D eigenvalue weighted by molar-refractivity contribution is -0.135. The van der Waals surface area contributed by atoms with Crippen molar-refractivity contribution in [3.63, 3.8) is 0 Å². The van der Waals surface area contributed by atoms with Gasteiger partial charge in [-0.15, -0.1) is 0 Å². The molecule has 1 saturated heterocycles. The van der Waals surface area contributed by atoms with Crippen LogP contribution >= 0.6 is 0 Å². The summed E-state index contributed by atoms with van der Waals surface area (Å²) in [4.78, 5) is 18.5. The predicted octanol–water partition coefficient (Wildman–Crippen LogP) is 2.43. The van der Waals surface area contributed by atoms with Crippen molar-refractivity contribution < 1.29 is 14.3 Å². The first kappa shape index (κ1) is 18.6. The van der Waals surface area contributed by atoms with Gasteiger partial charge in [-0.2, -0.15) is 0 Å². The van der Waals surface area contributed by atoms with Gasteiger partial charge < -0.3 is 14.6 Å². The van der Waals surface area contributed by atoms with Crippen LogP contribution in [0.4, 0.5) is 4.39 Å². The van der Waals surface area contributed by atoms with Crippen LogP contribution in [0.25, 0.3) is 0 Å². The standard InChI is InChI=1S/C20H26FN3O2/c1-2-19-22-8-11-23(19)10-7-20(26)24-9-6-16(18(25)14-24)12-15-4-3-5-17(21)13-15/h3-5,8,11,13,16,18,25H,2,6-7,9-10,12,14H2,1H3/t16-,18-/m1/s1. The van der Waals surface area contributed by atoms with Crippen molar-refractivity contribution in [2.75, 3.05) is 13.1 Å². The Labute approximate surface area is 153 Å². The minimum atomic E-state index is -0.574. The van der Waals surface area contributed by atoms with E-state index in [0.717, 1.165) is 24.2 Å². The van der Waals surface area contributed by atoms with E-state index in [9.17, 15) is 14.3 Å². The fourth-order valence-electron chi connectivity index (χ4n) is 3.64.